The van der Waals surface area contributed by atoms with E-state index in [1.54, 1.807) is 13.0 Å². The van der Waals surface area contributed by atoms with E-state index in [1.165, 1.54) is 11.3 Å². The van der Waals surface area contributed by atoms with Gasteiger partial charge in [0.25, 0.3) is 5.91 Å². The summed E-state index contributed by atoms with van der Waals surface area (Å²) in [4.78, 5) is 22.8. The minimum Gasteiger partial charge on any atom is -0.295 e. The van der Waals surface area contributed by atoms with Gasteiger partial charge in [0.1, 0.15) is 0 Å². The van der Waals surface area contributed by atoms with Gasteiger partial charge in [0.2, 0.25) is 0 Å². The third kappa shape index (κ3) is 3.22. The van der Waals surface area contributed by atoms with Crippen molar-refractivity contribution in [2.75, 3.05) is 0 Å². The highest BCUT2D eigenvalue weighted by Crippen LogP contribution is 2.28. The molecule has 3 aromatic rings. The van der Waals surface area contributed by atoms with Crippen LogP contribution in [0.3, 0.4) is 0 Å². The zero-order chi connectivity index (χ0) is 16.4. The van der Waals surface area contributed by atoms with E-state index in [4.69, 9.17) is 5.73 Å². The third-order valence-electron chi connectivity index (χ3n) is 3.67. The van der Waals surface area contributed by atoms with Gasteiger partial charge >= 0.3 is 0 Å². The second-order valence-electron chi connectivity index (χ2n) is 5.24. The highest BCUT2D eigenvalue weighted by molar-refractivity contribution is 7.12. The van der Waals surface area contributed by atoms with Crippen molar-refractivity contribution in [2.45, 2.75) is 6.92 Å². The Hall–Kier alpha value is -2.72. The van der Waals surface area contributed by atoms with Crippen LogP contribution in [0, 0.1) is 0 Å². The fourth-order valence-corrected chi connectivity index (χ4v) is 3.12. The normalized spacial score (nSPS) is 10.5. The van der Waals surface area contributed by atoms with E-state index in [1.807, 2.05) is 53.9 Å². The number of carbonyl (C=O) groups excluding carboxylic acids is 2. The minimum atomic E-state index is -0.650. The molecule has 1 radical (unpaired) electrons. The zero-order valence-electron chi connectivity index (χ0n) is 12.5. The lowest BCUT2D eigenvalue weighted by atomic mass is 10.00. The summed E-state index contributed by atoms with van der Waals surface area (Å²) < 4.78 is 0. The summed E-state index contributed by atoms with van der Waals surface area (Å²) in [6.07, 6.45) is 0. The Morgan fingerprint density at radius 3 is 1.74 bits per heavy atom. The van der Waals surface area contributed by atoms with Crippen LogP contribution >= 0.6 is 11.3 Å². The number of amides is 1. The maximum Gasteiger partial charge on any atom is 0.279 e. The Bertz CT molecular complexity index is 861. The molecule has 0 fully saturated rings. The number of thiophene rings is 1. The first-order valence-corrected chi connectivity index (χ1v) is 7.99. The van der Waals surface area contributed by atoms with Gasteiger partial charge in [-0.3, -0.25) is 15.3 Å². The lowest BCUT2D eigenvalue weighted by Gasteiger charge is -2.04. The van der Waals surface area contributed by atoms with Crippen molar-refractivity contribution < 1.29 is 9.59 Å². The van der Waals surface area contributed by atoms with E-state index in [-0.39, 0.29) is 5.78 Å². The standard InChI is InChI=1S/C19H14NO2S/c1-12(21)13-2-4-14(5-3-13)15-6-8-16(9-7-15)17-10-18(19(20)22)23-11-17/h2-11,20H,1H3. The molecule has 3 nitrogen and oxygen atoms in total. The molecule has 2 aromatic carbocycles. The number of ketones is 1. The predicted molar refractivity (Wildman–Crippen MR) is 92.6 cm³/mol. The lowest BCUT2D eigenvalue weighted by molar-refractivity contribution is 0.0992. The molecule has 1 N–H and O–H groups in total. The molecule has 1 amide bonds. The lowest BCUT2D eigenvalue weighted by Crippen LogP contribution is -1.93. The van der Waals surface area contributed by atoms with Crippen LogP contribution in [0.2, 0.25) is 0 Å². The molecular weight excluding hydrogens is 306 g/mol. The molecule has 0 aliphatic heterocycles. The first-order valence-electron chi connectivity index (χ1n) is 7.11. The van der Waals surface area contributed by atoms with E-state index in [0.717, 1.165) is 22.3 Å². The summed E-state index contributed by atoms with van der Waals surface area (Å²) in [6, 6.07) is 17.3. The van der Waals surface area contributed by atoms with Crippen molar-refractivity contribution in [2.24, 2.45) is 0 Å². The van der Waals surface area contributed by atoms with Gasteiger partial charge in [-0.05, 0) is 40.6 Å². The van der Waals surface area contributed by atoms with Gasteiger partial charge in [-0.25, -0.2) is 0 Å². The number of hydrogen-bond donors (Lipinski definition) is 0. The molecule has 0 spiro atoms. The second kappa shape index (κ2) is 6.18. The first-order chi connectivity index (χ1) is 11.0. The Morgan fingerprint density at radius 1 is 0.826 bits per heavy atom. The molecule has 23 heavy (non-hydrogen) atoms. The van der Waals surface area contributed by atoms with Crippen molar-refractivity contribution in [3.05, 3.63) is 70.4 Å². The molecule has 0 saturated heterocycles. The fourth-order valence-electron chi connectivity index (χ4n) is 2.36. The van der Waals surface area contributed by atoms with Crippen molar-refractivity contribution in [3.63, 3.8) is 0 Å². The molecule has 1 aromatic heterocycles. The average Bonchev–Trinajstić information content (AvgIpc) is 3.05. The van der Waals surface area contributed by atoms with Crippen LogP contribution in [0.15, 0.2) is 60.0 Å². The van der Waals surface area contributed by atoms with Gasteiger partial charge in [-0.1, -0.05) is 48.5 Å². The summed E-state index contributed by atoms with van der Waals surface area (Å²) in [7, 11) is 0. The Labute approximate surface area is 138 Å². The number of rotatable bonds is 4. The predicted octanol–water partition coefficient (Wildman–Crippen LogP) is 4.71. The van der Waals surface area contributed by atoms with Gasteiger partial charge in [0, 0.05) is 5.56 Å². The summed E-state index contributed by atoms with van der Waals surface area (Å²) in [5.74, 6) is -0.590. The number of carbonyl (C=O) groups is 2. The van der Waals surface area contributed by atoms with E-state index < -0.39 is 5.91 Å². The van der Waals surface area contributed by atoms with Crippen LogP contribution in [0.5, 0.6) is 0 Å². The van der Waals surface area contributed by atoms with Crippen molar-refractivity contribution >= 4 is 23.0 Å². The maximum atomic E-state index is 11.3. The maximum absolute atomic E-state index is 11.3. The van der Waals surface area contributed by atoms with E-state index in [9.17, 15) is 9.59 Å². The smallest absolute Gasteiger partial charge is 0.279 e. The average molecular weight is 320 g/mol. The van der Waals surface area contributed by atoms with Gasteiger partial charge in [0.15, 0.2) is 5.78 Å². The van der Waals surface area contributed by atoms with E-state index in [2.05, 4.69) is 0 Å². The quantitative estimate of drug-likeness (QED) is 0.654. The Morgan fingerprint density at radius 2 is 1.30 bits per heavy atom. The Kier molecular flexibility index (Phi) is 4.08. The zero-order valence-corrected chi connectivity index (χ0v) is 13.3. The van der Waals surface area contributed by atoms with Crippen LogP contribution in [-0.2, 0) is 0 Å². The summed E-state index contributed by atoms with van der Waals surface area (Å²) in [5, 5.41) is 1.89. The molecule has 0 saturated carbocycles. The summed E-state index contributed by atoms with van der Waals surface area (Å²) in [5.41, 5.74) is 11.9. The topological polar surface area (TPSA) is 57.9 Å². The molecular formula is C19H14NO2S. The van der Waals surface area contributed by atoms with Crippen molar-refractivity contribution in [1.29, 1.82) is 0 Å². The molecule has 0 bridgehead atoms. The molecule has 4 heteroatoms. The van der Waals surface area contributed by atoms with Crippen LogP contribution in [-0.4, -0.2) is 11.7 Å². The van der Waals surface area contributed by atoms with Crippen LogP contribution in [0.25, 0.3) is 22.3 Å². The highest BCUT2D eigenvalue weighted by atomic mass is 32.1. The van der Waals surface area contributed by atoms with Gasteiger partial charge in [0.05, 0.1) is 4.88 Å². The molecule has 0 unspecified atom stereocenters. The van der Waals surface area contributed by atoms with E-state index >= 15 is 0 Å². The third-order valence-corrected chi connectivity index (χ3v) is 4.60. The number of nitrogens with one attached hydrogen (secondary N) is 1. The Balaban J connectivity index is 1.86. The van der Waals surface area contributed by atoms with Crippen LogP contribution in [0.4, 0.5) is 0 Å². The molecule has 113 valence electrons. The SMILES string of the molecule is CC(=O)c1ccc(-c2ccc(-c3csc(C([NH])=O)c3)cc2)cc1. The molecule has 0 aliphatic rings. The monoisotopic (exact) mass is 320 g/mol. The summed E-state index contributed by atoms with van der Waals surface area (Å²) in [6.45, 7) is 1.56. The minimum absolute atomic E-state index is 0.0594. The second-order valence-corrected chi connectivity index (χ2v) is 6.15. The largest absolute Gasteiger partial charge is 0.295 e. The van der Waals surface area contributed by atoms with Crippen molar-refractivity contribution in [3.8, 4) is 22.3 Å². The van der Waals surface area contributed by atoms with E-state index in [0.29, 0.717) is 10.4 Å². The van der Waals surface area contributed by atoms with Crippen LogP contribution in [0.1, 0.15) is 27.0 Å². The van der Waals surface area contributed by atoms with Crippen LogP contribution < -0.4 is 5.73 Å². The highest BCUT2D eigenvalue weighted by Gasteiger charge is 2.07. The number of Topliss-reactive ketones (excluding diaryl/α,β-unsaturated/α-hetero) is 1. The molecule has 0 aliphatic carbocycles. The number of hydrogen-bond acceptors (Lipinski definition) is 3. The molecule has 3 rings (SSSR count). The number of benzene rings is 2. The van der Waals surface area contributed by atoms with Gasteiger partial charge < -0.3 is 0 Å². The molecule has 0 atom stereocenters. The molecule has 1 heterocycles. The van der Waals surface area contributed by atoms with Crippen molar-refractivity contribution in [1.82, 2.24) is 5.73 Å². The first kappa shape index (κ1) is 15.2. The summed E-state index contributed by atoms with van der Waals surface area (Å²) >= 11 is 1.29. The fraction of sp³-hybridized carbons (Fsp3) is 0.0526. The van der Waals surface area contributed by atoms with Gasteiger partial charge in [-0.2, -0.15) is 0 Å². The van der Waals surface area contributed by atoms with Gasteiger partial charge in [-0.15, -0.1) is 11.3 Å².